The number of ether oxygens (including phenoxy) is 1. The number of nitrogens with zero attached hydrogens (tertiary/aromatic N) is 3. The smallest absolute Gasteiger partial charge is 0.251 e. The van der Waals surface area contributed by atoms with Crippen LogP contribution in [0.2, 0.25) is 0 Å². The fourth-order valence-electron chi connectivity index (χ4n) is 2.40. The van der Waals surface area contributed by atoms with Crippen LogP contribution in [0.1, 0.15) is 28.7 Å². The molecule has 2 aromatic rings. The molecular weight excluding hydrogens is 256 g/mol. The van der Waals surface area contributed by atoms with Crippen molar-refractivity contribution in [2.75, 3.05) is 6.61 Å². The van der Waals surface area contributed by atoms with E-state index in [1.54, 1.807) is 30.7 Å². The Balaban J connectivity index is 1.74. The number of hydrogen-bond acceptors (Lipinski definition) is 4. The molecule has 0 aliphatic carbocycles. The highest BCUT2D eigenvalue weighted by molar-refractivity contribution is 5.94. The Morgan fingerprint density at radius 3 is 2.90 bits per heavy atom. The molecule has 1 fully saturated rings. The lowest BCUT2D eigenvalue weighted by Crippen LogP contribution is -2.37. The van der Waals surface area contributed by atoms with Gasteiger partial charge in [0.15, 0.2) is 0 Å². The number of imidazole rings is 1. The average molecular weight is 272 g/mol. The van der Waals surface area contributed by atoms with Crippen molar-refractivity contribution in [2.24, 2.45) is 7.05 Å². The second kappa shape index (κ2) is 5.42. The zero-order valence-electron chi connectivity index (χ0n) is 11.2. The minimum Gasteiger partial charge on any atom is -0.368 e. The molecule has 0 bridgehead atoms. The van der Waals surface area contributed by atoms with Crippen LogP contribution in [0.5, 0.6) is 0 Å². The van der Waals surface area contributed by atoms with E-state index >= 15 is 0 Å². The van der Waals surface area contributed by atoms with E-state index in [4.69, 9.17) is 4.74 Å². The van der Waals surface area contributed by atoms with Gasteiger partial charge >= 0.3 is 0 Å². The van der Waals surface area contributed by atoms with Gasteiger partial charge in [0.2, 0.25) is 0 Å². The first-order valence-electron chi connectivity index (χ1n) is 6.55. The van der Waals surface area contributed by atoms with E-state index in [-0.39, 0.29) is 18.1 Å². The van der Waals surface area contributed by atoms with Crippen molar-refractivity contribution in [3.8, 4) is 0 Å². The number of amides is 1. The monoisotopic (exact) mass is 272 g/mol. The molecule has 3 rings (SSSR count). The number of hydrogen-bond donors (Lipinski definition) is 1. The Kier molecular flexibility index (Phi) is 3.47. The maximum Gasteiger partial charge on any atom is 0.251 e. The molecule has 1 aliphatic rings. The van der Waals surface area contributed by atoms with Gasteiger partial charge in [0.05, 0.1) is 6.04 Å². The van der Waals surface area contributed by atoms with Crippen molar-refractivity contribution >= 4 is 5.91 Å². The topological polar surface area (TPSA) is 69.0 Å². The Hall–Kier alpha value is -2.21. The van der Waals surface area contributed by atoms with Crippen molar-refractivity contribution in [1.82, 2.24) is 19.9 Å². The van der Waals surface area contributed by atoms with Gasteiger partial charge < -0.3 is 14.6 Å². The molecule has 1 N–H and O–H groups in total. The van der Waals surface area contributed by atoms with Crippen molar-refractivity contribution < 1.29 is 9.53 Å². The van der Waals surface area contributed by atoms with E-state index in [0.29, 0.717) is 12.2 Å². The number of nitrogens with one attached hydrogen (secondary N) is 1. The highest BCUT2D eigenvalue weighted by atomic mass is 16.5. The molecule has 3 heterocycles. The van der Waals surface area contributed by atoms with Crippen molar-refractivity contribution in [3.05, 3.63) is 48.3 Å². The van der Waals surface area contributed by atoms with Crippen LogP contribution < -0.4 is 5.32 Å². The van der Waals surface area contributed by atoms with Gasteiger partial charge in [0, 0.05) is 44.0 Å². The summed E-state index contributed by atoms with van der Waals surface area (Å²) in [5.41, 5.74) is 0.602. The largest absolute Gasteiger partial charge is 0.368 e. The summed E-state index contributed by atoms with van der Waals surface area (Å²) in [6, 6.07) is 3.33. The number of pyridine rings is 1. The molecule has 20 heavy (non-hydrogen) atoms. The number of carbonyl (C=O) groups is 1. The van der Waals surface area contributed by atoms with Gasteiger partial charge in [-0.1, -0.05) is 0 Å². The highest BCUT2D eigenvalue weighted by Gasteiger charge is 2.33. The molecule has 0 aromatic carbocycles. The zero-order valence-corrected chi connectivity index (χ0v) is 11.2. The number of carbonyl (C=O) groups excluding carboxylic acids is 1. The summed E-state index contributed by atoms with van der Waals surface area (Å²) < 4.78 is 7.64. The minimum atomic E-state index is -0.194. The van der Waals surface area contributed by atoms with E-state index in [0.717, 1.165) is 12.2 Å². The summed E-state index contributed by atoms with van der Waals surface area (Å²) in [5.74, 6) is 0.727. The second-order valence-corrected chi connectivity index (χ2v) is 4.79. The molecule has 104 valence electrons. The Morgan fingerprint density at radius 2 is 2.20 bits per heavy atom. The molecule has 2 aromatic heterocycles. The maximum absolute atomic E-state index is 12.2. The summed E-state index contributed by atoms with van der Waals surface area (Å²) in [6.45, 7) is 0.624. The van der Waals surface area contributed by atoms with Gasteiger partial charge in [-0.25, -0.2) is 4.98 Å². The Bertz CT molecular complexity index is 596. The van der Waals surface area contributed by atoms with Gasteiger partial charge in [0.25, 0.3) is 5.91 Å². The van der Waals surface area contributed by atoms with Gasteiger partial charge in [-0.15, -0.1) is 0 Å². The van der Waals surface area contributed by atoms with E-state index in [9.17, 15) is 4.79 Å². The van der Waals surface area contributed by atoms with Gasteiger partial charge in [-0.2, -0.15) is 0 Å². The summed E-state index contributed by atoms with van der Waals surface area (Å²) in [7, 11) is 1.92. The van der Waals surface area contributed by atoms with Gasteiger partial charge in [0.1, 0.15) is 11.9 Å². The number of aromatic nitrogens is 3. The minimum absolute atomic E-state index is 0.0586. The van der Waals surface area contributed by atoms with Gasteiger partial charge in [-0.05, 0) is 18.6 Å². The zero-order chi connectivity index (χ0) is 13.9. The molecule has 2 atom stereocenters. The second-order valence-electron chi connectivity index (χ2n) is 4.79. The van der Waals surface area contributed by atoms with Crippen LogP contribution in [0.25, 0.3) is 0 Å². The standard InChI is InChI=1S/C14H16N4O2/c1-18-8-7-16-13(18)12-11(4-9-20-12)17-14(19)10-2-5-15-6-3-10/h2-3,5-8,11-12H,4,9H2,1H3,(H,17,19)/t11-,12-/m0/s1. The molecule has 1 amide bonds. The lowest BCUT2D eigenvalue weighted by atomic mass is 10.1. The Morgan fingerprint density at radius 1 is 1.40 bits per heavy atom. The molecule has 6 nitrogen and oxygen atoms in total. The first kappa shape index (κ1) is 12.8. The fourth-order valence-corrected chi connectivity index (χ4v) is 2.40. The predicted molar refractivity (Wildman–Crippen MR) is 72.0 cm³/mol. The summed E-state index contributed by atoms with van der Waals surface area (Å²) in [5, 5.41) is 3.02. The summed E-state index contributed by atoms with van der Waals surface area (Å²) >= 11 is 0. The first-order valence-corrected chi connectivity index (χ1v) is 6.55. The van der Waals surface area contributed by atoms with E-state index in [1.807, 2.05) is 17.8 Å². The highest BCUT2D eigenvalue weighted by Crippen LogP contribution is 2.27. The lowest BCUT2D eigenvalue weighted by molar-refractivity contribution is 0.0779. The van der Waals surface area contributed by atoms with Crippen molar-refractivity contribution in [1.29, 1.82) is 0 Å². The van der Waals surface area contributed by atoms with Crippen LogP contribution in [-0.4, -0.2) is 33.1 Å². The van der Waals surface area contributed by atoms with E-state index in [2.05, 4.69) is 15.3 Å². The third-order valence-corrected chi connectivity index (χ3v) is 3.46. The normalized spacial score (nSPS) is 21.9. The summed E-state index contributed by atoms with van der Waals surface area (Å²) in [4.78, 5) is 20.4. The maximum atomic E-state index is 12.2. The molecule has 0 radical (unpaired) electrons. The quantitative estimate of drug-likeness (QED) is 0.907. The van der Waals surface area contributed by atoms with Crippen LogP contribution in [0.3, 0.4) is 0 Å². The summed E-state index contributed by atoms with van der Waals surface area (Å²) in [6.07, 6.45) is 7.42. The lowest BCUT2D eigenvalue weighted by Gasteiger charge is -2.19. The third kappa shape index (κ3) is 2.42. The van der Waals surface area contributed by atoms with E-state index in [1.165, 1.54) is 0 Å². The number of rotatable bonds is 3. The predicted octanol–water partition coefficient (Wildman–Crippen LogP) is 1.08. The molecule has 0 unspecified atom stereocenters. The molecule has 6 heteroatoms. The third-order valence-electron chi connectivity index (χ3n) is 3.46. The fraction of sp³-hybridized carbons (Fsp3) is 0.357. The van der Waals surface area contributed by atoms with Crippen LogP contribution >= 0.6 is 0 Å². The first-order chi connectivity index (χ1) is 9.75. The SMILES string of the molecule is Cn1ccnc1[C@H]1OCC[C@@H]1NC(=O)c1ccncc1. The van der Waals surface area contributed by atoms with Crippen LogP contribution in [0, 0.1) is 0 Å². The molecular formula is C14H16N4O2. The molecule has 0 saturated carbocycles. The average Bonchev–Trinajstić information content (AvgIpc) is 3.08. The van der Waals surface area contributed by atoms with Crippen molar-refractivity contribution in [2.45, 2.75) is 18.6 Å². The van der Waals surface area contributed by atoms with Crippen molar-refractivity contribution in [3.63, 3.8) is 0 Å². The van der Waals surface area contributed by atoms with Crippen LogP contribution in [0.15, 0.2) is 36.9 Å². The molecule has 1 saturated heterocycles. The number of aryl methyl sites for hydroxylation is 1. The van der Waals surface area contributed by atoms with Crippen LogP contribution in [-0.2, 0) is 11.8 Å². The Labute approximate surface area is 116 Å². The van der Waals surface area contributed by atoms with Crippen LogP contribution in [0.4, 0.5) is 0 Å². The molecule has 1 aliphatic heterocycles. The molecule has 0 spiro atoms. The van der Waals surface area contributed by atoms with E-state index < -0.39 is 0 Å². The van der Waals surface area contributed by atoms with Gasteiger partial charge in [-0.3, -0.25) is 9.78 Å².